The summed E-state index contributed by atoms with van der Waals surface area (Å²) in [5.74, 6) is 0.149. The van der Waals surface area contributed by atoms with Crippen molar-refractivity contribution in [2.24, 2.45) is 10.7 Å². The summed E-state index contributed by atoms with van der Waals surface area (Å²) in [6.45, 7) is 6.50. The standard InChI is InChI=1S/C27H33N5O2/c1-3-12-32(13-4-2)27(34)21-14-19-7-8-20(15-24(19)31-25(28)16-21)26(33)30-22-10-9-18-6-5-11-29-23(18)17-22/h7-10,14-15,17,29H,3-6,11-13,16H2,1-2H3,(H2,28,31)(H,30,33). The number of carbonyl (C=O) groups excluding carboxylic acids is 2. The first-order chi connectivity index (χ1) is 16.5. The zero-order valence-corrected chi connectivity index (χ0v) is 20.0. The maximum atomic E-state index is 13.1. The summed E-state index contributed by atoms with van der Waals surface area (Å²) in [5.41, 5.74) is 11.8. The van der Waals surface area contributed by atoms with E-state index in [9.17, 15) is 9.59 Å². The summed E-state index contributed by atoms with van der Waals surface area (Å²) in [6, 6.07) is 11.3. The second-order valence-corrected chi connectivity index (χ2v) is 8.87. The van der Waals surface area contributed by atoms with Crippen LogP contribution in [-0.2, 0) is 11.2 Å². The molecule has 2 aliphatic rings. The predicted octanol–water partition coefficient (Wildman–Crippen LogP) is 4.72. The number of nitrogens with one attached hydrogen (secondary N) is 2. The molecule has 0 radical (unpaired) electrons. The summed E-state index contributed by atoms with van der Waals surface area (Å²) >= 11 is 0. The number of benzene rings is 2. The zero-order chi connectivity index (χ0) is 24.1. The van der Waals surface area contributed by atoms with Gasteiger partial charge in [-0.1, -0.05) is 26.0 Å². The monoisotopic (exact) mass is 459 g/mol. The van der Waals surface area contributed by atoms with E-state index in [-0.39, 0.29) is 11.8 Å². The van der Waals surface area contributed by atoms with E-state index in [2.05, 4.69) is 35.5 Å². The van der Waals surface area contributed by atoms with Crippen molar-refractivity contribution in [2.45, 2.75) is 46.0 Å². The van der Waals surface area contributed by atoms with E-state index >= 15 is 0 Å². The molecule has 4 N–H and O–H groups in total. The molecule has 2 aromatic rings. The van der Waals surface area contributed by atoms with Crippen LogP contribution >= 0.6 is 0 Å². The number of aliphatic imine (C=N–C) groups is 1. The largest absolute Gasteiger partial charge is 0.387 e. The van der Waals surface area contributed by atoms with Gasteiger partial charge in [0.15, 0.2) is 0 Å². The van der Waals surface area contributed by atoms with Gasteiger partial charge in [-0.05, 0) is 61.6 Å². The normalized spacial score (nSPS) is 14.5. The lowest BCUT2D eigenvalue weighted by molar-refractivity contribution is -0.127. The van der Waals surface area contributed by atoms with Gasteiger partial charge in [-0.25, -0.2) is 4.99 Å². The SMILES string of the molecule is CCCN(CCC)C(=O)C1=Cc2ccc(C(=O)Nc3ccc4c(c3)NCCC4)cc2N=C(N)C1. The van der Waals surface area contributed by atoms with E-state index in [4.69, 9.17) is 5.73 Å². The molecule has 2 aromatic carbocycles. The summed E-state index contributed by atoms with van der Waals surface area (Å²) in [5, 5.41) is 6.36. The van der Waals surface area contributed by atoms with Crippen LogP contribution in [0.15, 0.2) is 47.0 Å². The Kier molecular flexibility index (Phi) is 7.30. The number of amidine groups is 1. The molecule has 0 saturated heterocycles. The molecule has 7 heteroatoms. The smallest absolute Gasteiger partial charge is 0.255 e. The molecule has 0 saturated carbocycles. The molecule has 2 aliphatic heterocycles. The molecule has 178 valence electrons. The molecule has 34 heavy (non-hydrogen) atoms. The van der Waals surface area contributed by atoms with E-state index in [1.807, 2.05) is 29.2 Å². The van der Waals surface area contributed by atoms with Gasteiger partial charge < -0.3 is 21.3 Å². The number of nitrogens with zero attached hydrogens (tertiary/aromatic N) is 2. The van der Waals surface area contributed by atoms with Gasteiger partial charge in [0, 0.05) is 54.1 Å². The number of rotatable bonds is 7. The molecule has 4 rings (SSSR count). The molecular formula is C27H33N5O2. The highest BCUT2D eigenvalue weighted by Crippen LogP contribution is 2.30. The molecule has 0 atom stereocenters. The van der Waals surface area contributed by atoms with Crippen LogP contribution in [-0.4, -0.2) is 42.2 Å². The highest BCUT2D eigenvalue weighted by molar-refractivity contribution is 6.08. The van der Waals surface area contributed by atoms with Crippen LogP contribution in [0.25, 0.3) is 6.08 Å². The average molecular weight is 460 g/mol. The van der Waals surface area contributed by atoms with Crippen LogP contribution in [0.2, 0.25) is 0 Å². The first-order valence-electron chi connectivity index (χ1n) is 12.1. The highest BCUT2D eigenvalue weighted by Gasteiger charge is 2.21. The molecule has 0 bridgehead atoms. The van der Waals surface area contributed by atoms with Gasteiger partial charge in [0.25, 0.3) is 5.91 Å². The van der Waals surface area contributed by atoms with Crippen LogP contribution in [0.5, 0.6) is 0 Å². The van der Waals surface area contributed by atoms with Crippen molar-refractivity contribution in [2.75, 3.05) is 30.3 Å². The Balaban J connectivity index is 1.56. The van der Waals surface area contributed by atoms with Crippen LogP contribution in [0.3, 0.4) is 0 Å². The molecule has 0 aromatic heterocycles. The van der Waals surface area contributed by atoms with Crippen molar-refractivity contribution in [3.63, 3.8) is 0 Å². The molecular weight excluding hydrogens is 426 g/mol. The quantitative estimate of drug-likeness (QED) is 0.558. The molecule has 0 fully saturated rings. The van der Waals surface area contributed by atoms with E-state index in [0.717, 1.165) is 49.2 Å². The summed E-state index contributed by atoms with van der Waals surface area (Å²) in [7, 11) is 0. The lowest BCUT2D eigenvalue weighted by atomic mass is 10.0. The minimum atomic E-state index is -0.214. The summed E-state index contributed by atoms with van der Waals surface area (Å²) in [4.78, 5) is 32.5. The minimum absolute atomic E-state index is 0.00228. The van der Waals surface area contributed by atoms with Crippen LogP contribution in [0.1, 0.15) is 61.0 Å². The van der Waals surface area contributed by atoms with E-state index in [0.29, 0.717) is 42.2 Å². The van der Waals surface area contributed by atoms with Crippen LogP contribution in [0, 0.1) is 0 Å². The number of amides is 2. The number of hydrogen-bond acceptors (Lipinski definition) is 5. The van der Waals surface area contributed by atoms with Crippen molar-refractivity contribution in [3.8, 4) is 0 Å². The van der Waals surface area contributed by atoms with E-state index < -0.39 is 0 Å². The third-order valence-corrected chi connectivity index (χ3v) is 6.11. The second-order valence-electron chi connectivity index (χ2n) is 8.87. The van der Waals surface area contributed by atoms with Gasteiger partial charge in [-0.15, -0.1) is 0 Å². The molecule has 7 nitrogen and oxygen atoms in total. The Bertz CT molecular complexity index is 1150. The Morgan fingerprint density at radius 1 is 1.12 bits per heavy atom. The fourth-order valence-corrected chi connectivity index (χ4v) is 4.47. The fourth-order valence-electron chi connectivity index (χ4n) is 4.47. The van der Waals surface area contributed by atoms with Gasteiger partial charge in [-0.3, -0.25) is 9.59 Å². The maximum Gasteiger partial charge on any atom is 0.255 e. The first-order valence-corrected chi connectivity index (χ1v) is 12.1. The Morgan fingerprint density at radius 2 is 1.91 bits per heavy atom. The third-order valence-electron chi connectivity index (χ3n) is 6.11. The van der Waals surface area contributed by atoms with Crippen LogP contribution < -0.4 is 16.4 Å². The van der Waals surface area contributed by atoms with Crippen molar-refractivity contribution in [1.82, 2.24) is 4.90 Å². The Hall–Kier alpha value is -3.61. The third kappa shape index (κ3) is 5.30. The Morgan fingerprint density at radius 3 is 2.68 bits per heavy atom. The Labute approximate surface area is 201 Å². The predicted molar refractivity (Wildman–Crippen MR) is 139 cm³/mol. The lowest BCUT2D eigenvalue weighted by Gasteiger charge is -2.22. The van der Waals surface area contributed by atoms with Crippen LogP contribution in [0.4, 0.5) is 17.1 Å². The highest BCUT2D eigenvalue weighted by atomic mass is 16.2. The number of carbonyl (C=O) groups is 2. The topological polar surface area (TPSA) is 99.8 Å². The lowest BCUT2D eigenvalue weighted by Crippen LogP contribution is -2.34. The maximum absolute atomic E-state index is 13.1. The number of hydrogen-bond donors (Lipinski definition) is 3. The van der Waals surface area contributed by atoms with Gasteiger partial charge in [0.2, 0.25) is 5.91 Å². The average Bonchev–Trinajstić information content (AvgIpc) is 3.00. The van der Waals surface area contributed by atoms with E-state index in [1.165, 1.54) is 5.56 Å². The summed E-state index contributed by atoms with van der Waals surface area (Å²) in [6.07, 6.45) is 6.12. The minimum Gasteiger partial charge on any atom is -0.387 e. The first kappa shape index (κ1) is 23.5. The number of fused-ring (bicyclic) bond motifs is 2. The van der Waals surface area contributed by atoms with E-state index in [1.54, 1.807) is 12.1 Å². The van der Waals surface area contributed by atoms with Gasteiger partial charge >= 0.3 is 0 Å². The number of aryl methyl sites for hydroxylation is 1. The number of nitrogens with two attached hydrogens (primary N) is 1. The van der Waals surface area contributed by atoms with Crippen molar-refractivity contribution >= 4 is 40.8 Å². The molecule has 2 heterocycles. The molecule has 0 aliphatic carbocycles. The van der Waals surface area contributed by atoms with Crippen molar-refractivity contribution < 1.29 is 9.59 Å². The van der Waals surface area contributed by atoms with Gasteiger partial charge in [-0.2, -0.15) is 0 Å². The van der Waals surface area contributed by atoms with Crippen molar-refractivity contribution in [1.29, 1.82) is 0 Å². The number of anilines is 2. The second kappa shape index (κ2) is 10.5. The molecule has 0 unspecified atom stereocenters. The van der Waals surface area contributed by atoms with Gasteiger partial charge in [0.05, 0.1) is 5.69 Å². The van der Waals surface area contributed by atoms with Crippen molar-refractivity contribution in [3.05, 3.63) is 58.7 Å². The van der Waals surface area contributed by atoms with Gasteiger partial charge in [0.1, 0.15) is 5.84 Å². The fraction of sp³-hybridized carbons (Fsp3) is 0.370. The summed E-state index contributed by atoms with van der Waals surface area (Å²) < 4.78 is 0. The zero-order valence-electron chi connectivity index (χ0n) is 20.0. The molecule has 2 amide bonds. The molecule has 0 spiro atoms.